The molecular formula is C38H52N4O5. The lowest BCUT2D eigenvalue weighted by atomic mass is 9.92. The van der Waals surface area contributed by atoms with Crippen LogP contribution in [0.5, 0.6) is 5.75 Å². The highest BCUT2D eigenvalue weighted by Gasteiger charge is 2.32. The highest BCUT2D eigenvalue weighted by Crippen LogP contribution is 2.23. The van der Waals surface area contributed by atoms with Crippen LogP contribution in [0.3, 0.4) is 0 Å². The van der Waals surface area contributed by atoms with Crippen molar-refractivity contribution in [3.63, 3.8) is 0 Å². The number of aliphatic hydroxyl groups excluding tert-OH is 2. The van der Waals surface area contributed by atoms with E-state index in [0.29, 0.717) is 38.1 Å². The summed E-state index contributed by atoms with van der Waals surface area (Å²) in [6.07, 6.45) is 0.646. The maximum Gasteiger partial charge on any atom is 0.317 e. The second-order valence-corrected chi connectivity index (χ2v) is 13.1. The Morgan fingerprint density at radius 2 is 1.51 bits per heavy atom. The van der Waals surface area contributed by atoms with Crippen molar-refractivity contribution >= 4 is 11.9 Å². The molecule has 5 atom stereocenters. The zero-order valence-corrected chi connectivity index (χ0v) is 28.2. The Labute approximate surface area is 279 Å². The van der Waals surface area contributed by atoms with Crippen LogP contribution >= 0.6 is 0 Å². The van der Waals surface area contributed by atoms with Crippen LogP contribution in [0.2, 0.25) is 0 Å². The van der Waals surface area contributed by atoms with E-state index in [0.717, 1.165) is 28.7 Å². The molecule has 0 saturated carbocycles. The number of carbonyl (C=O) groups excluding carboxylic acids is 2. The number of rotatable bonds is 17. The quantitative estimate of drug-likeness (QED) is 0.138. The summed E-state index contributed by atoms with van der Waals surface area (Å²) in [7, 11) is 0. The molecule has 3 aromatic rings. The zero-order chi connectivity index (χ0) is 33.8. The van der Waals surface area contributed by atoms with Crippen LogP contribution in [0.1, 0.15) is 55.4 Å². The molecule has 0 aromatic heterocycles. The van der Waals surface area contributed by atoms with E-state index in [9.17, 15) is 19.8 Å². The summed E-state index contributed by atoms with van der Waals surface area (Å²) in [4.78, 5) is 27.7. The van der Waals surface area contributed by atoms with Gasteiger partial charge in [-0.2, -0.15) is 0 Å². The van der Waals surface area contributed by atoms with Gasteiger partial charge < -0.3 is 30.5 Å². The van der Waals surface area contributed by atoms with Gasteiger partial charge in [-0.1, -0.05) is 92.7 Å². The predicted octanol–water partition coefficient (Wildman–Crippen LogP) is 4.51. The van der Waals surface area contributed by atoms with Gasteiger partial charge in [0.25, 0.3) is 5.91 Å². The van der Waals surface area contributed by atoms with Crippen LogP contribution in [-0.2, 0) is 17.6 Å². The van der Waals surface area contributed by atoms with E-state index in [2.05, 4.69) is 29.8 Å². The third-order valence-electron chi connectivity index (χ3n) is 8.89. The van der Waals surface area contributed by atoms with Gasteiger partial charge in [-0.05, 0) is 67.7 Å². The molecular weight excluding hydrogens is 592 g/mol. The van der Waals surface area contributed by atoms with Gasteiger partial charge in [-0.15, -0.1) is 0 Å². The molecule has 0 bridgehead atoms. The van der Waals surface area contributed by atoms with Crippen LogP contribution in [-0.4, -0.2) is 77.2 Å². The molecule has 4 rings (SSSR count). The summed E-state index contributed by atoms with van der Waals surface area (Å²) in [6.45, 7) is 9.16. The van der Waals surface area contributed by atoms with Gasteiger partial charge in [-0.3, -0.25) is 10.1 Å². The Hall–Kier alpha value is -3.92. The number of urea groups is 1. The lowest BCUT2D eigenvalue weighted by Gasteiger charge is -2.39. The van der Waals surface area contributed by atoms with Gasteiger partial charge in [0.05, 0.1) is 12.1 Å². The van der Waals surface area contributed by atoms with E-state index in [1.165, 1.54) is 0 Å². The van der Waals surface area contributed by atoms with Crippen LogP contribution in [0, 0.1) is 19.8 Å². The first-order chi connectivity index (χ1) is 22.6. The number of aliphatic hydroxyl groups is 2. The Kier molecular flexibility index (Phi) is 13.6. The van der Waals surface area contributed by atoms with Gasteiger partial charge in [0.15, 0.2) is 6.61 Å². The number of amides is 3. The number of para-hydroxylation sites is 1. The smallest absolute Gasteiger partial charge is 0.317 e. The van der Waals surface area contributed by atoms with Gasteiger partial charge in [0, 0.05) is 31.6 Å². The summed E-state index contributed by atoms with van der Waals surface area (Å²) < 4.78 is 5.92. The molecule has 9 nitrogen and oxygen atoms in total. The van der Waals surface area contributed by atoms with Crippen molar-refractivity contribution < 1.29 is 24.5 Å². The molecule has 1 unspecified atom stereocenters. The molecule has 1 aliphatic rings. The molecule has 0 spiro atoms. The predicted molar refractivity (Wildman–Crippen MR) is 185 cm³/mol. The number of carbonyl (C=O) groups is 2. The lowest BCUT2D eigenvalue weighted by molar-refractivity contribution is -0.124. The van der Waals surface area contributed by atoms with Crippen molar-refractivity contribution in [1.29, 1.82) is 0 Å². The molecule has 1 aliphatic heterocycles. The first-order valence-electron chi connectivity index (χ1n) is 16.8. The number of benzene rings is 3. The van der Waals surface area contributed by atoms with Gasteiger partial charge in [0.1, 0.15) is 12.0 Å². The maximum atomic E-state index is 13.2. The molecule has 1 saturated heterocycles. The first kappa shape index (κ1) is 35.9. The number of nitrogens with one attached hydrogen (secondary N) is 3. The molecule has 3 aromatic carbocycles. The summed E-state index contributed by atoms with van der Waals surface area (Å²) in [5.74, 6) is 0.509. The summed E-state index contributed by atoms with van der Waals surface area (Å²) in [6, 6.07) is 24.4. The normalized spacial score (nSPS) is 16.6. The maximum absolute atomic E-state index is 13.2. The summed E-state index contributed by atoms with van der Waals surface area (Å²) in [5, 5.41) is 32.4. The first-order valence-corrected chi connectivity index (χ1v) is 16.8. The fraction of sp³-hybridized carbons (Fsp3) is 0.474. The van der Waals surface area contributed by atoms with E-state index in [4.69, 9.17) is 4.74 Å². The van der Waals surface area contributed by atoms with Gasteiger partial charge >= 0.3 is 6.03 Å². The number of hydrogen-bond donors (Lipinski definition) is 5. The molecule has 0 aliphatic carbocycles. The molecule has 1 fully saturated rings. The number of aryl methyl sites for hydroxylation is 2. The fourth-order valence-electron chi connectivity index (χ4n) is 6.42. The van der Waals surface area contributed by atoms with E-state index in [1.807, 2.05) is 97.6 Å². The SMILES string of the molecule is Cc1cccc(C)c1OCC(=O)N[C@@H](Cc1ccccc1)[C@@H](O)C[C@H](Cc1ccccc1)NC(O)C[C@H](C(C)C)N1CCCNC1=O. The zero-order valence-electron chi connectivity index (χ0n) is 28.2. The van der Waals surface area contributed by atoms with Crippen molar-refractivity contribution in [2.24, 2.45) is 5.92 Å². The Morgan fingerprint density at radius 3 is 2.11 bits per heavy atom. The van der Waals surface area contributed by atoms with Crippen LogP contribution in [0.4, 0.5) is 4.79 Å². The second-order valence-electron chi connectivity index (χ2n) is 13.1. The molecule has 0 radical (unpaired) electrons. The van der Waals surface area contributed by atoms with Crippen LogP contribution in [0.25, 0.3) is 0 Å². The van der Waals surface area contributed by atoms with E-state index in [-0.39, 0.29) is 43.0 Å². The van der Waals surface area contributed by atoms with Crippen molar-refractivity contribution in [3.8, 4) is 5.75 Å². The number of nitrogens with zero attached hydrogens (tertiary/aromatic N) is 1. The fourth-order valence-corrected chi connectivity index (χ4v) is 6.42. The van der Waals surface area contributed by atoms with E-state index in [1.54, 1.807) is 0 Å². The van der Waals surface area contributed by atoms with E-state index < -0.39 is 18.4 Å². The van der Waals surface area contributed by atoms with Crippen molar-refractivity contribution in [1.82, 2.24) is 20.9 Å². The highest BCUT2D eigenvalue weighted by molar-refractivity contribution is 5.78. The molecule has 5 N–H and O–H groups in total. The summed E-state index contributed by atoms with van der Waals surface area (Å²) in [5.41, 5.74) is 3.95. The number of hydrogen-bond acceptors (Lipinski definition) is 6. The van der Waals surface area contributed by atoms with Gasteiger partial charge in [0.2, 0.25) is 0 Å². The monoisotopic (exact) mass is 644 g/mol. The van der Waals surface area contributed by atoms with Crippen LogP contribution in [0.15, 0.2) is 78.9 Å². The minimum Gasteiger partial charge on any atom is -0.483 e. The Morgan fingerprint density at radius 1 is 0.894 bits per heavy atom. The van der Waals surface area contributed by atoms with Crippen molar-refractivity contribution in [3.05, 3.63) is 101 Å². The number of ether oxygens (including phenoxy) is 1. The molecule has 9 heteroatoms. The molecule has 1 heterocycles. The van der Waals surface area contributed by atoms with Gasteiger partial charge in [-0.25, -0.2) is 4.79 Å². The Bertz CT molecular complexity index is 1380. The minimum atomic E-state index is -0.929. The Balaban J connectivity index is 1.48. The minimum absolute atomic E-state index is 0.0977. The van der Waals surface area contributed by atoms with Crippen molar-refractivity contribution in [2.75, 3.05) is 19.7 Å². The van der Waals surface area contributed by atoms with Crippen molar-refractivity contribution in [2.45, 2.75) is 90.3 Å². The standard InChI is InChI=1S/C38H52N4O5/c1-26(2)33(42-20-12-19-39-38(42)46)24-35(44)40-31(21-29-15-7-5-8-16-29)23-34(43)32(22-30-17-9-6-10-18-30)41-36(45)25-47-37-27(3)13-11-14-28(37)4/h5-11,13-18,26,31-35,40,43-44H,12,19-25H2,1-4H3,(H,39,46)(H,41,45)/t31-,32-,33+,34-,35?/m0/s1. The van der Waals surface area contributed by atoms with E-state index >= 15 is 0 Å². The third-order valence-corrected chi connectivity index (χ3v) is 8.89. The largest absolute Gasteiger partial charge is 0.483 e. The average Bonchev–Trinajstić information content (AvgIpc) is 3.04. The molecule has 47 heavy (non-hydrogen) atoms. The van der Waals surface area contributed by atoms with Crippen LogP contribution < -0.4 is 20.7 Å². The third kappa shape index (κ3) is 11.1. The highest BCUT2D eigenvalue weighted by atomic mass is 16.5. The average molecular weight is 645 g/mol. The molecule has 254 valence electrons. The molecule has 3 amide bonds. The second kappa shape index (κ2) is 17.8. The lowest BCUT2D eigenvalue weighted by Crippen LogP contribution is -2.55. The topological polar surface area (TPSA) is 123 Å². The summed E-state index contributed by atoms with van der Waals surface area (Å²) >= 11 is 0.